The smallest absolute Gasteiger partial charge is 0.227 e. The summed E-state index contributed by atoms with van der Waals surface area (Å²) in [6, 6.07) is 7.84. The first-order valence-electron chi connectivity index (χ1n) is 6.55. The second-order valence-electron chi connectivity index (χ2n) is 5.99. The van der Waals surface area contributed by atoms with E-state index in [0.717, 1.165) is 23.2 Å². The molecule has 1 aliphatic carbocycles. The molecule has 0 aliphatic heterocycles. The van der Waals surface area contributed by atoms with Gasteiger partial charge in [-0.3, -0.25) is 4.79 Å². The Morgan fingerprint density at radius 2 is 2.05 bits per heavy atom. The Kier molecular flexibility index (Phi) is 2.73. The minimum Gasteiger partial charge on any atom is -0.322 e. The topological polar surface area (TPSA) is 58.1 Å². The molecule has 2 aromatic rings. The fourth-order valence-electron chi connectivity index (χ4n) is 2.72. The van der Waals surface area contributed by atoms with Crippen molar-refractivity contribution >= 4 is 28.5 Å². The first kappa shape index (κ1) is 12.1. The van der Waals surface area contributed by atoms with Gasteiger partial charge in [0.15, 0.2) is 0 Å². The maximum Gasteiger partial charge on any atom is 0.227 e. The number of rotatable bonds is 1. The number of aromatic nitrogens is 2. The average molecular weight is 255 g/mol. The number of nitrogens with zero attached hydrogens (tertiary/aromatic N) is 2. The van der Waals surface area contributed by atoms with E-state index >= 15 is 0 Å². The van der Waals surface area contributed by atoms with Crippen LogP contribution in [0.4, 0.5) is 5.95 Å². The monoisotopic (exact) mass is 255 g/mol. The maximum atomic E-state index is 11.7. The highest BCUT2D eigenvalue weighted by atomic mass is 16.1. The summed E-state index contributed by atoms with van der Waals surface area (Å²) < 4.78 is 0. The van der Waals surface area contributed by atoms with Crippen molar-refractivity contribution in [3.63, 3.8) is 0 Å². The average Bonchev–Trinajstić information content (AvgIpc) is 2.67. The normalized spacial score (nSPS) is 21.2. The third-order valence-electron chi connectivity index (χ3n) is 3.40. The Balaban J connectivity index is 1.94. The second kappa shape index (κ2) is 4.30. The number of carbonyl (C=O) groups is 1. The Labute approximate surface area is 112 Å². The number of hydrogen-bond donors (Lipinski definition) is 1. The van der Waals surface area contributed by atoms with Crippen molar-refractivity contribution in [2.24, 2.45) is 10.4 Å². The molecule has 1 aliphatic rings. The Bertz CT molecular complexity index is 634. The fourth-order valence-corrected chi connectivity index (χ4v) is 2.72. The number of nitrogens with one attached hydrogen (secondary N) is 1. The van der Waals surface area contributed by atoms with E-state index in [0.29, 0.717) is 18.8 Å². The lowest BCUT2D eigenvalue weighted by atomic mass is 9.76. The van der Waals surface area contributed by atoms with Crippen LogP contribution in [0, 0.1) is 5.41 Å². The maximum absolute atomic E-state index is 11.7. The molecule has 0 saturated heterocycles. The van der Waals surface area contributed by atoms with Crippen LogP contribution in [0.5, 0.6) is 0 Å². The number of benzene rings is 1. The van der Waals surface area contributed by atoms with Gasteiger partial charge in [-0.15, -0.1) is 0 Å². The van der Waals surface area contributed by atoms with Gasteiger partial charge in [0.25, 0.3) is 0 Å². The Hall–Kier alpha value is -1.97. The van der Waals surface area contributed by atoms with E-state index in [1.165, 1.54) is 0 Å². The van der Waals surface area contributed by atoms with Gasteiger partial charge in [-0.1, -0.05) is 26.0 Å². The SMILES string of the molecule is CC1(C)CC(=O)CC(=Nc2nc3ccccc3[nH]2)C1. The van der Waals surface area contributed by atoms with Gasteiger partial charge in [0.2, 0.25) is 5.95 Å². The van der Waals surface area contributed by atoms with Gasteiger partial charge in [-0.05, 0) is 24.0 Å². The lowest BCUT2D eigenvalue weighted by molar-refractivity contribution is -0.120. The molecule has 4 nitrogen and oxygen atoms in total. The molecule has 19 heavy (non-hydrogen) atoms. The third-order valence-corrected chi connectivity index (χ3v) is 3.40. The molecule has 0 bridgehead atoms. The summed E-state index contributed by atoms with van der Waals surface area (Å²) in [5.41, 5.74) is 2.83. The zero-order valence-corrected chi connectivity index (χ0v) is 11.2. The number of carbonyl (C=O) groups excluding carboxylic acids is 1. The van der Waals surface area contributed by atoms with Gasteiger partial charge in [0, 0.05) is 18.6 Å². The lowest BCUT2D eigenvalue weighted by Gasteiger charge is -2.28. The van der Waals surface area contributed by atoms with Crippen LogP contribution in [0.3, 0.4) is 0 Å². The molecular formula is C15H17N3O. The van der Waals surface area contributed by atoms with E-state index in [2.05, 4.69) is 28.8 Å². The molecule has 1 fully saturated rings. The highest BCUT2D eigenvalue weighted by Crippen LogP contribution is 2.32. The highest BCUT2D eigenvalue weighted by Gasteiger charge is 2.30. The van der Waals surface area contributed by atoms with Gasteiger partial charge >= 0.3 is 0 Å². The van der Waals surface area contributed by atoms with Gasteiger partial charge in [0.1, 0.15) is 5.78 Å². The van der Waals surface area contributed by atoms with Gasteiger partial charge in [0.05, 0.1) is 11.0 Å². The zero-order chi connectivity index (χ0) is 13.5. The number of ketones is 1. The molecular weight excluding hydrogens is 238 g/mol. The standard InChI is InChI=1S/C15H17N3O/c1-15(2)8-10(7-11(19)9-15)16-14-17-12-5-3-4-6-13(12)18-14/h3-6H,7-9H2,1-2H3,(H,17,18). The summed E-state index contributed by atoms with van der Waals surface area (Å²) >= 11 is 0. The van der Waals surface area contributed by atoms with Crippen LogP contribution in [0.1, 0.15) is 33.1 Å². The largest absolute Gasteiger partial charge is 0.322 e. The first-order valence-corrected chi connectivity index (χ1v) is 6.55. The van der Waals surface area contributed by atoms with E-state index in [9.17, 15) is 4.79 Å². The number of aromatic amines is 1. The van der Waals surface area contributed by atoms with E-state index in [4.69, 9.17) is 0 Å². The molecule has 1 saturated carbocycles. The molecule has 0 atom stereocenters. The van der Waals surface area contributed by atoms with Crippen molar-refractivity contribution in [3.05, 3.63) is 24.3 Å². The molecule has 1 N–H and O–H groups in total. The summed E-state index contributed by atoms with van der Waals surface area (Å²) in [5.74, 6) is 0.868. The molecule has 0 spiro atoms. The van der Waals surface area contributed by atoms with Crippen LogP contribution in [0.2, 0.25) is 0 Å². The molecule has 0 amide bonds. The number of imidazole rings is 1. The van der Waals surface area contributed by atoms with E-state index in [1.807, 2.05) is 24.3 Å². The van der Waals surface area contributed by atoms with Crippen LogP contribution in [0.15, 0.2) is 29.3 Å². The highest BCUT2D eigenvalue weighted by molar-refractivity contribution is 6.05. The van der Waals surface area contributed by atoms with Crippen molar-refractivity contribution in [1.82, 2.24) is 9.97 Å². The van der Waals surface area contributed by atoms with Crippen LogP contribution in [-0.4, -0.2) is 21.5 Å². The summed E-state index contributed by atoms with van der Waals surface area (Å²) in [4.78, 5) is 23.9. The number of fused-ring (bicyclic) bond motifs is 1. The minimum atomic E-state index is 0.0141. The van der Waals surface area contributed by atoms with Crippen molar-refractivity contribution < 1.29 is 4.79 Å². The fraction of sp³-hybridized carbons (Fsp3) is 0.400. The van der Waals surface area contributed by atoms with Crippen molar-refractivity contribution in [3.8, 4) is 0 Å². The van der Waals surface area contributed by atoms with Crippen molar-refractivity contribution in [2.45, 2.75) is 33.1 Å². The minimum absolute atomic E-state index is 0.0141. The molecule has 98 valence electrons. The van der Waals surface area contributed by atoms with Gasteiger partial charge in [-0.2, -0.15) is 0 Å². The van der Waals surface area contributed by atoms with Gasteiger partial charge in [-0.25, -0.2) is 9.98 Å². The zero-order valence-electron chi connectivity index (χ0n) is 11.2. The quantitative estimate of drug-likeness (QED) is 0.848. The van der Waals surface area contributed by atoms with E-state index in [-0.39, 0.29) is 11.2 Å². The predicted octanol–water partition coefficient (Wildman–Crippen LogP) is 3.41. The summed E-state index contributed by atoms with van der Waals surface area (Å²) in [7, 11) is 0. The van der Waals surface area contributed by atoms with E-state index in [1.54, 1.807) is 0 Å². The molecule has 1 aromatic heterocycles. The number of hydrogen-bond acceptors (Lipinski definition) is 3. The summed E-state index contributed by atoms with van der Waals surface area (Å²) in [6.45, 7) is 4.22. The van der Waals surface area contributed by atoms with Crippen LogP contribution in [0.25, 0.3) is 11.0 Å². The second-order valence-corrected chi connectivity index (χ2v) is 5.99. The van der Waals surface area contributed by atoms with Crippen LogP contribution < -0.4 is 0 Å². The lowest BCUT2D eigenvalue weighted by Crippen LogP contribution is -2.28. The van der Waals surface area contributed by atoms with Crippen molar-refractivity contribution in [2.75, 3.05) is 0 Å². The molecule has 1 heterocycles. The van der Waals surface area contributed by atoms with Crippen LogP contribution in [-0.2, 0) is 4.79 Å². The number of H-pyrrole nitrogens is 1. The summed E-state index contributed by atoms with van der Waals surface area (Å²) in [5, 5.41) is 0. The predicted molar refractivity (Wildman–Crippen MR) is 75.8 cm³/mol. The number of aliphatic imine (C=N–C) groups is 1. The Morgan fingerprint density at radius 3 is 2.79 bits per heavy atom. The Morgan fingerprint density at radius 1 is 1.26 bits per heavy atom. The van der Waals surface area contributed by atoms with Crippen LogP contribution >= 0.6 is 0 Å². The van der Waals surface area contributed by atoms with Gasteiger partial charge < -0.3 is 4.98 Å². The van der Waals surface area contributed by atoms with E-state index < -0.39 is 0 Å². The third kappa shape index (κ3) is 2.57. The first-order chi connectivity index (χ1) is 9.02. The summed E-state index contributed by atoms with van der Waals surface area (Å²) in [6.07, 6.45) is 1.96. The molecule has 1 aromatic carbocycles. The molecule has 3 rings (SSSR count). The number of Topliss-reactive ketones (excluding diaryl/α,β-unsaturated/α-hetero) is 1. The number of para-hydroxylation sites is 2. The molecule has 0 radical (unpaired) electrons. The molecule has 0 unspecified atom stereocenters. The van der Waals surface area contributed by atoms with Crippen molar-refractivity contribution in [1.29, 1.82) is 0 Å². The molecule has 4 heteroatoms.